The summed E-state index contributed by atoms with van der Waals surface area (Å²) < 4.78 is 24.6. The van der Waals surface area contributed by atoms with Crippen LogP contribution in [0.15, 0.2) is 48.6 Å². The minimum atomic E-state index is -0.400. The maximum atomic E-state index is 6.67. The van der Waals surface area contributed by atoms with Gasteiger partial charge in [-0.15, -0.1) is 0 Å². The molecule has 0 bridgehead atoms. The van der Waals surface area contributed by atoms with Gasteiger partial charge in [0.1, 0.15) is 18.0 Å². The van der Waals surface area contributed by atoms with Gasteiger partial charge >= 0.3 is 0 Å². The van der Waals surface area contributed by atoms with Crippen LogP contribution in [0.2, 0.25) is 0 Å². The molecule has 1 heterocycles. The summed E-state index contributed by atoms with van der Waals surface area (Å²) in [5.41, 5.74) is 10.9. The van der Waals surface area contributed by atoms with Crippen LogP contribution in [0.4, 0.5) is 0 Å². The van der Waals surface area contributed by atoms with Crippen LogP contribution in [0.3, 0.4) is 0 Å². The topological polar surface area (TPSA) is 36.9 Å². The maximum absolute atomic E-state index is 6.67. The standard InChI is InChI=1S/C32H42O4/c1-21(2)22(3)9-8-12-33-13-14-34-15-16-36-32-19-27-17-24(5)25(6)18-29(27)30(32)28-11-10-23(4)26(7)31(28)35-20-32/h10-11,17-18,30H,1,3,8-9,12-16,19-20H2,2,4-7H3. The molecule has 4 rings (SSSR count). The Labute approximate surface area is 217 Å². The number of rotatable bonds is 12. The Morgan fingerprint density at radius 1 is 0.917 bits per heavy atom. The van der Waals surface area contributed by atoms with Crippen LogP contribution in [0, 0.1) is 27.7 Å². The fourth-order valence-electron chi connectivity index (χ4n) is 5.44. The molecular weight excluding hydrogens is 448 g/mol. The Kier molecular flexibility index (Phi) is 8.39. The van der Waals surface area contributed by atoms with Crippen LogP contribution in [0.25, 0.3) is 0 Å². The van der Waals surface area contributed by atoms with E-state index in [4.69, 9.17) is 18.9 Å². The summed E-state index contributed by atoms with van der Waals surface area (Å²) in [4.78, 5) is 0. The molecule has 0 fully saturated rings. The molecule has 4 nitrogen and oxygen atoms in total. The van der Waals surface area contributed by atoms with E-state index in [0.717, 1.165) is 36.2 Å². The van der Waals surface area contributed by atoms with Crippen molar-refractivity contribution in [2.45, 2.75) is 65.4 Å². The number of hydrogen-bond acceptors (Lipinski definition) is 4. The van der Waals surface area contributed by atoms with Crippen LogP contribution in [0.1, 0.15) is 64.6 Å². The van der Waals surface area contributed by atoms with Crippen LogP contribution >= 0.6 is 0 Å². The van der Waals surface area contributed by atoms with Crippen molar-refractivity contribution in [1.82, 2.24) is 0 Å². The van der Waals surface area contributed by atoms with Gasteiger partial charge in [0.05, 0.1) is 26.4 Å². The van der Waals surface area contributed by atoms with Crippen molar-refractivity contribution in [2.75, 3.05) is 39.6 Å². The summed E-state index contributed by atoms with van der Waals surface area (Å²) in [6.45, 7) is 22.1. The average molecular weight is 491 g/mol. The highest BCUT2D eigenvalue weighted by Crippen LogP contribution is 2.54. The zero-order valence-electron chi connectivity index (χ0n) is 22.8. The van der Waals surface area contributed by atoms with E-state index < -0.39 is 5.60 Å². The minimum Gasteiger partial charge on any atom is -0.490 e. The number of benzene rings is 2. The summed E-state index contributed by atoms with van der Waals surface area (Å²) in [5, 5.41) is 0. The predicted molar refractivity (Wildman–Crippen MR) is 146 cm³/mol. The molecule has 1 aliphatic carbocycles. The van der Waals surface area contributed by atoms with Gasteiger partial charge in [0.25, 0.3) is 0 Å². The van der Waals surface area contributed by atoms with E-state index >= 15 is 0 Å². The van der Waals surface area contributed by atoms with Crippen LogP contribution in [-0.2, 0) is 20.6 Å². The van der Waals surface area contributed by atoms with E-state index in [1.165, 1.54) is 38.9 Å². The smallest absolute Gasteiger partial charge is 0.126 e. The second-order valence-electron chi connectivity index (χ2n) is 10.6. The zero-order chi connectivity index (χ0) is 25.9. The lowest BCUT2D eigenvalue weighted by molar-refractivity contribution is -0.102. The molecule has 2 aliphatic rings. The molecule has 0 aromatic heterocycles. The summed E-state index contributed by atoms with van der Waals surface area (Å²) in [5.74, 6) is 1.21. The predicted octanol–water partition coefficient (Wildman–Crippen LogP) is 6.70. The van der Waals surface area contributed by atoms with Gasteiger partial charge in [0.2, 0.25) is 0 Å². The van der Waals surface area contributed by atoms with Gasteiger partial charge in [-0.25, -0.2) is 0 Å². The largest absolute Gasteiger partial charge is 0.490 e. The number of ether oxygens (including phenoxy) is 4. The Morgan fingerprint density at radius 2 is 1.61 bits per heavy atom. The summed E-state index contributed by atoms with van der Waals surface area (Å²) in [6.07, 6.45) is 2.75. The SMILES string of the molecule is C=C(C)C(=C)CCCOCCOCCOC12COc3c(ccc(C)c3C)C1c1cc(C)c(C)cc1C2. The van der Waals surface area contributed by atoms with E-state index in [2.05, 4.69) is 65.1 Å². The van der Waals surface area contributed by atoms with Crippen molar-refractivity contribution in [1.29, 1.82) is 0 Å². The van der Waals surface area contributed by atoms with Crippen LogP contribution in [-0.4, -0.2) is 45.2 Å². The van der Waals surface area contributed by atoms with Gasteiger partial charge < -0.3 is 18.9 Å². The normalized spacial score (nSPS) is 19.9. The highest BCUT2D eigenvalue weighted by Gasteiger charge is 2.52. The number of fused-ring (bicyclic) bond motifs is 5. The monoisotopic (exact) mass is 490 g/mol. The molecule has 2 atom stereocenters. The Morgan fingerprint density at radius 3 is 2.36 bits per heavy atom. The van der Waals surface area contributed by atoms with Crippen molar-refractivity contribution >= 4 is 0 Å². The minimum absolute atomic E-state index is 0.173. The molecule has 0 saturated heterocycles. The van der Waals surface area contributed by atoms with Gasteiger partial charge in [-0.1, -0.05) is 48.6 Å². The molecule has 0 N–H and O–H groups in total. The lowest BCUT2D eigenvalue weighted by atomic mass is 9.79. The van der Waals surface area contributed by atoms with Gasteiger partial charge in [-0.2, -0.15) is 0 Å². The third-order valence-corrected chi connectivity index (χ3v) is 7.92. The van der Waals surface area contributed by atoms with Gasteiger partial charge in [0, 0.05) is 24.5 Å². The van der Waals surface area contributed by atoms with Crippen LogP contribution < -0.4 is 4.74 Å². The van der Waals surface area contributed by atoms with Crippen LogP contribution in [0.5, 0.6) is 5.75 Å². The third kappa shape index (κ3) is 5.46. The summed E-state index contributed by atoms with van der Waals surface area (Å²) >= 11 is 0. The van der Waals surface area contributed by atoms with Gasteiger partial charge in [-0.05, 0) is 80.8 Å². The third-order valence-electron chi connectivity index (χ3n) is 7.92. The number of hydrogen-bond donors (Lipinski definition) is 0. The van der Waals surface area contributed by atoms with Gasteiger partial charge in [-0.3, -0.25) is 0 Å². The fourth-order valence-corrected chi connectivity index (χ4v) is 5.44. The second kappa shape index (κ2) is 11.3. The molecule has 0 saturated carbocycles. The first-order valence-electron chi connectivity index (χ1n) is 13.2. The maximum Gasteiger partial charge on any atom is 0.126 e. The first-order chi connectivity index (χ1) is 17.2. The highest BCUT2D eigenvalue weighted by molar-refractivity contribution is 5.58. The average Bonchev–Trinajstić information content (AvgIpc) is 3.16. The van der Waals surface area contributed by atoms with Crippen molar-refractivity contribution in [2.24, 2.45) is 0 Å². The molecule has 1 aliphatic heterocycles. The lowest BCUT2D eigenvalue weighted by Crippen LogP contribution is -2.47. The second-order valence-corrected chi connectivity index (χ2v) is 10.6. The molecule has 2 unspecified atom stereocenters. The van der Waals surface area contributed by atoms with Crippen molar-refractivity contribution in [3.63, 3.8) is 0 Å². The van der Waals surface area contributed by atoms with Crippen molar-refractivity contribution in [3.8, 4) is 5.75 Å². The zero-order valence-corrected chi connectivity index (χ0v) is 22.8. The first kappa shape index (κ1) is 26.7. The number of allylic oxidation sites excluding steroid dienone is 2. The molecule has 36 heavy (non-hydrogen) atoms. The molecule has 4 heteroatoms. The summed E-state index contributed by atoms with van der Waals surface area (Å²) in [6, 6.07) is 9.16. The van der Waals surface area contributed by atoms with E-state index in [9.17, 15) is 0 Å². The first-order valence-corrected chi connectivity index (χ1v) is 13.2. The van der Waals surface area contributed by atoms with E-state index in [0.29, 0.717) is 39.6 Å². The Hall–Kier alpha value is -2.40. The van der Waals surface area contributed by atoms with Crippen molar-refractivity contribution in [3.05, 3.63) is 87.5 Å². The number of aryl methyl sites for hydroxylation is 3. The van der Waals surface area contributed by atoms with Gasteiger partial charge in [0.15, 0.2) is 0 Å². The van der Waals surface area contributed by atoms with E-state index in [-0.39, 0.29) is 5.92 Å². The van der Waals surface area contributed by atoms with E-state index in [1.54, 1.807) is 0 Å². The highest BCUT2D eigenvalue weighted by atomic mass is 16.6. The molecular formula is C32H42O4. The summed E-state index contributed by atoms with van der Waals surface area (Å²) in [7, 11) is 0. The Balaban J connectivity index is 1.34. The van der Waals surface area contributed by atoms with Crippen molar-refractivity contribution < 1.29 is 18.9 Å². The molecule has 2 aromatic rings. The molecule has 0 spiro atoms. The molecule has 0 radical (unpaired) electrons. The molecule has 0 amide bonds. The molecule has 2 aromatic carbocycles. The lowest BCUT2D eigenvalue weighted by Gasteiger charge is -2.41. The Bertz CT molecular complexity index is 1130. The fraction of sp³-hybridized carbons (Fsp3) is 0.500. The quantitative estimate of drug-likeness (QED) is 0.245. The van der Waals surface area contributed by atoms with E-state index in [1.807, 2.05) is 6.92 Å². The molecule has 194 valence electrons.